The van der Waals surface area contributed by atoms with Gasteiger partial charge in [-0.3, -0.25) is 14.2 Å². The molecule has 0 aliphatic carbocycles. The summed E-state index contributed by atoms with van der Waals surface area (Å²) < 4.78 is 11.7. The van der Waals surface area contributed by atoms with E-state index in [1.807, 2.05) is 13.0 Å². The van der Waals surface area contributed by atoms with Crippen LogP contribution in [0.2, 0.25) is 0 Å². The number of aromatic nitrogens is 3. The standard InChI is InChI=1S/C15H16N4O4/c1-8-4-5-11(22-8)6-16-12(20)7-19-10(3)17-14-13(15(19)21)9(2)18-23-14/h4-5H,6-7H2,1-3H3,(H,16,20). The normalized spacial score (nSPS) is 11.1. The van der Waals surface area contributed by atoms with Gasteiger partial charge in [0.1, 0.15) is 29.3 Å². The molecule has 120 valence electrons. The zero-order valence-electron chi connectivity index (χ0n) is 13.0. The highest BCUT2D eigenvalue weighted by Crippen LogP contribution is 2.11. The van der Waals surface area contributed by atoms with Crippen LogP contribution < -0.4 is 10.9 Å². The number of aryl methyl sites for hydroxylation is 3. The predicted molar refractivity (Wildman–Crippen MR) is 80.8 cm³/mol. The molecule has 1 amide bonds. The first kappa shape index (κ1) is 15.0. The lowest BCUT2D eigenvalue weighted by Crippen LogP contribution is -2.33. The summed E-state index contributed by atoms with van der Waals surface area (Å²) in [7, 11) is 0. The third-order valence-corrected chi connectivity index (χ3v) is 3.52. The molecule has 0 fully saturated rings. The van der Waals surface area contributed by atoms with E-state index in [1.165, 1.54) is 4.57 Å². The highest BCUT2D eigenvalue weighted by Gasteiger charge is 2.16. The number of nitrogens with one attached hydrogen (secondary N) is 1. The van der Waals surface area contributed by atoms with Crippen molar-refractivity contribution in [2.24, 2.45) is 0 Å². The quantitative estimate of drug-likeness (QED) is 0.776. The number of fused-ring (bicyclic) bond motifs is 1. The van der Waals surface area contributed by atoms with Crippen LogP contribution in [0.3, 0.4) is 0 Å². The lowest BCUT2D eigenvalue weighted by Gasteiger charge is -2.09. The highest BCUT2D eigenvalue weighted by atomic mass is 16.5. The van der Waals surface area contributed by atoms with Gasteiger partial charge in [-0.05, 0) is 32.9 Å². The molecule has 0 saturated heterocycles. The van der Waals surface area contributed by atoms with Gasteiger partial charge in [-0.25, -0.2) is 0 Å². The second-order valence-electron chi connectivity index (χ2n) is 5.29. The van der Waals surface area contributed by atoms with Crippen molar-refractivity contribution >= 4 is 17.0 Å². The van der Waals surface area contributed by atoms with Gasteiger partial charge in [0, 0.05) is 0 Å². The Hall–Kier alpha value is -2.90. The number of hydrogen-bond donors (Lipinski definition) is 1. The molecule has 0 aromatic carbocycles. The number of carbonyl (C=O) groups excluding carboxylic acids is 1. The Bertz CT molecular complexity index is 935. The van der Waals surface area contributed by atoms with E-state index >= 15 is 0 Å². The van der Waals surface area contributed by atoms with Gasteiger partial charge in [-0.2, -0.15) is 4.98 Å². The number of rotatable bonds is 4. The number of hydrogen-bond acceptors (Lipinski definition) is 6. The second-order valence-corrected chi connectivity index (χ2v) is 5.29. The maximum Gasteiger partial charge on any atom is 0.267 e. The maximum absolute atomic E-state index is 12.5. The van der Waals surface area contributed by atoms with Crippen LogP contribution in [-0.2, 0) is 17.9 Å². The maximum atomic E-state index is 12.5. The van der Waals surface area contributed by atoms with Crippen LogP contribution >= 0.6 is 0 Å². The Morgan fingerprint density at radius 3 is 2.78 bits per heavy atom. The van der Waals surface area contributed by atoms with Gasteiger partial charge in [0.05, 0.1) is 12.2 Å². The molecule has 3 aromatic heterocycles. The third-order valence-electron chi connectivity index (χ3n) is 3.52. The summed E-state index contributed by atoms with van der Waals surface area (Å²) in [6.07, 6.45) is 0. The zero-order valence-corrected chi connectivity index (χ0v) is 13.0. The minimum atomic E-state index is -0.338. The molecule has 1 N–H and O–H groups in total. The molecule has 0 saturated carbocycles. The fourth-order valence-corrected chi connectivity index (χ4v) is 2.32. The molecule has 0 unspecified atom stereocenters. The fraction of sp³-hybridized carbons (Fsp3) is 0.333. The van der Waals surface area contributed by atoms with Crippen LogP contribution in [0.1, 0.15) is 23.0 Å². The first-order chi connectivity index (χ1) is 11.0. The van der Waals surface area contributed by atoms with Gasteiger partial charge in [0.15, 0.2) is 0 Å². The van der Waals surface area contributed by atoms with Crippen molar-refractivity contribution in [3.8, 4) is 0 Å². The first-order valence-electron chi connectivity index (χ1n) is 7.11. The largest absolute Gasteiger partial charge is 0.465 e. The monoisotopic (exact) mass is 316 g/mol. The van der Waals surface area contributed by atoms with Gasteiger partial charge in [-0.1, -0.05) is 5.16 Å². The zero-order chi connectivity index (χ0) is 16.6. The van der Waals surface area contributed by atoms with Crippen LogP contribution in [0.5, 0.6) is 0 Å². The second kappa shape index (κ2) is 5.71. The molecule has 0 bridgehead atoms. The molecule has 3 rings (SSSR count). The van der Waals surface area contributed by atoms with Crippen LogP contribution in [0.4, 0.5) is 0 Å². The summed E-state index contributed by atoms with van der Waals surface area (Å²) in [4.78, 5) is 28.7. The van der Waals surface area contributed by atoms with E-state index in [2.05, 4.69) is 15.5 Å². The van der Waals surface area contributed by atoms with Gasteiger partial charge in [0.25, 0.3) is 11.3 Å². The molecular weight excluding hydrogens is 300 g/mol. The molecule has 23 heavy (non-hydrogen) atoms. The number of amides is 1. The average molecular weight is 316 g/mol. The van der Waals surface area contributed by atoms with E-state index in [0.29, 0.717) is 22.7 Å². The lowest BCUT2D eigenvalue weighted by molar-refractivity contribution is -0.122. The van der Waals surface area contributed by atoms with Gasteiger partial charge in [-0.15, -0.1) is 0 Å². The van der Waals surface area contributed by atoms with Crippen LogP contribution in [0, 0.1) is 20.8 Å². The summed E-state index contributed by atoms with van der Waals surface area (Å²) >= 11 is 0. The molecule has 0 aliphatic heterocycles. The molecule has 0 atom stereocenters. The van der Waals surface area contributed by atoms with Crippen molar-refractivity contribution in [1.82, 2.24) is 20.0 Å². The van der Waals surface area contributed by atoms with Crippen LogP contribution in [-0.4, -0.2) is 20.6 Å². The van der Waals surface area contributed by atoms with Crippen molar-refractivity contribution in [3.63, 3.8) is 0 Å². The minimum Gasteiger partial charge on any atom is -0.465 e. The van der Waals surface area contributed by atoms with E-state index in [1.54, 1.807) is 19.9 Å². The first-order valence-corrected chi connectivity index (χ1v) is 7.11. The summed E-state index contributed by atoms with van der Waals surface area (Å²) in [5.41, 5.74) is 0.306. The molecule has 8 nitrogen and oxygen atoms in total. The summed E-state index contributed by atoms with van der Waals surface area (Å²) in [6.45, 7) is 5.27. The molecule has 0 aliphatic rings. The lowest BCUT2D eigenvalue weighted by atomic mass is 10.3. The Kier molecular flexibility index (Phi) is 3.73. The fourth-order valence-electron chi connectivity index (χ4n) is 2.32. The molecule has 3 heterocycles. The molecule has 8 heteroatoms. The Morgan fingerprint density at radius 2 is 2.09 bits per heavy atom. The van der Waals surface area contributed by atoms with Crippen LogP contribution in [0.15, 0.2) is 25.9 Å². The van der Waals surface area contributed by atoms with E-state index in [9.17, 15) is 9.59 Å². The number of furan rings is 1. The minimum absolute atomic E-state index is 0.127. The third kappa shape index (κ3) is 2.87. The van der Waals surface area contributed by atoms with Gasteiger partial charge >= 0.3 is 0 Å². The SMILES string of the molecule is Cc1ccc(CNC(=O)Cn2c(C)nc3onc(C)c3c2=O)o1. The topological polar surface area (TPSA) is 103 Å². The Morgan fingerprint density at radius 1 is 1.30 bits per heavy atom. The van der Waals surface area contributed by atoms with Crippen molar-refractivity contribution < 1.29 is 13.7 Å². The Balaban J connectivity index is 1.79. The van der Waals surface area contributed by atoms with E-state index < -0.39 is 0 Å². The average Bonchev–Trinajstić information content (AvgIpc) is 3.07. The van der Waals surface area contributed by atoms with Crippen molar-refractivity contribution in [3.05, 3.63) is 45.5 Å². The Labute approximate surface area is 131 Å². The van der Waals surface area contributed by atoms with Gasteiger partial charge < -0.3 is 14.3 Å². The van der Waals surface area contributed by atoms with Crippen molar-refractivity contribution in [2.45, 2.75) is 33.9 Å². The van der Waals surface area contributed by atoms with Gasteiger partial charge in [0.2, 0.25) is 5.91 Å². The van der Waals surface area contributed by atoms with E-state index in [4.69, 9.17) is 8.94 Å². The van der Waals surface area contributed by atoms with Crippen molar-refractivity contribution in [2.75, 3.05) is 0 Å². The number of carbonyl (C=O) groups is 1. The van der Waals surface area contributed by atoms with E-state index in [0.717, 1.165) is 5.76 Å². The summed E-state index contributed by atoms with van der Waals surface area (Å²) in [5.74, 6) is 1.52. The predicted octanol–water partition coefficient (Wildman–Crippen LogP) is 1.22. The number of nitrogens with zero attached hydrogens (tertiary/aromatic N) is 3. The molecular formula is C15H16N4O4. The summed E-state index contributed by atoms with van der Waals surface area (Å²) in [5, 5.41) is 6.74. The molecule has 0 radical (unpaired) electrons. The highest BCUT2D eigenvalue weighted by molar-refractivity contribution is 5.77. The smallest absolute Gasteiger partial charge is 0.267 e. The van der Waals surface area contributed by atoms with E-state index in [-0.39, 0.29) is 30.3 Å². The summed E-state index contributed by atoms with van der Waals surface area (Å²) in [6, 6.07) is 3.61. The van der Waals surface area contributed by atoms with Crippen molar-refractivity contribution in [1.29, 1.82) is 0 Å². The van der Waals surface area contributed by atoms with Crippen LogP contribution in [0.25, 0.3) is 11.1 Å². The molecule has 3 aromatic rings. The molecule has 0 spiro atoms.